The van der Waals surface area contributed by atoms with Crippen molar-refractivity contribution in [3.63, 3.8) is 0 Å². The second-order valence-electron chi connectivity index (χ2n) is 16.3. The molecule has 1 saturated carbocycles. The first kappa shape index (κ1) is 46.7. The number of halogens is 3. The number of nitriles is 1. The number of ether oxygens (including phenoxy) is 4. The molecule has 1 aromatic heterocycles. The lowest BCUT2D eigenvalue weighted by atomic mass is 9.89. The van der Waals surface area contributed by atoms with Crippen LogP contribution in [-0.2, 0) is 24.8 Å². The fraction of sp³-hybridized carbons (Fsp3) is 0.404. The van der Waals surface area contributed by atoms with E-state index >= 15 is 0 Å². The van der Waals surface area contributed by atoms with Crippen LogP contribution in [-0.4, -0.2) is 52.0 Å². The number of esters is 2. The predicted octanol–water partition coefficient (Wildman–Crippen LogP) is 12.1. The zero-order chi connectivity index (χ0) is 44.7. The lowest BCUT2D eigenvalue weighted by Gasteiger charge is -2.26. The van der Waals surface area contributed by atoms with Gasteiger partial charge in [0.15, 0.2) is 22.9 Å². The summed E-state index contributed by atoms with van der Waals surface area (Å²) in [5, 5.41) is 9.79. The average molecular weight is 876 g/mol. The number of benzene rings is 3. The Hall–Kier alpha value is -5.32. The van der Waals surface area contributed by atoms with Gasteiger partial charge in [-0.15, -0.1) is 8.78 Å². The standard InChI is InChI=1S/C23H30O4.C12H16ClNOS.C12H6F2N2O2/c1-14-11-15(2)18(16(3)12-14)19-20(26-17(24)13-22(4,5)6)23(27-21(19)25)9-7-8-10-23;1-3-14(4-2)12(15)16-9-10-5-7-11(13)8-6-10;13-12(14)17-10-3-1-2-8(11(10)18-12)9-6-16-5-7(9)4-15/h11-12H,7-10,13H2,1-6H3;5-8H,3-4,9H2,1-2H3;1-3,5-6,16H. The summed E-state index contributed by atoms with van der Waals surface area (Å²) < 4.78 is 46.6. The topological polar surface area (TPSA) is 131 Å². The third-order valence-electron chi connectivity index (χ3n) is 10.2. The van der Waals surface area contributed by atoms with Crippen LogP contribution >= 0.6 is 23.4 Å². The Bertz CT molecular complexity index is 2300. The van der Waals surface area contributed by atoms with Crippen LogP contribution in [0.1, 0.15) is 100 Å². The van der Waals surface area contributed by atoms with Crippen molar-refractivity contribution in [1.82, 2.24) is 9.88 Å². The fourth-order valence-electron chi connectivity index (χ4n) is 7.55. The first-order chi connectivity index (χ1) is 28.8. The van der Waals surface area contributed by atoms with Crippen molar-refractivity contribution in [2.75, 3.05) is 13.1 Å². The summed E-state index contributed by atoms with van der Waals surface area (Å²) in [6, 6.07) is 18.2. The van der Waals surface area contributed by atoms with Gasteiger partial charge >= 0.3 is 18.2 Å². The van der Waals surface area contributed by atoms with Crippen LogP contribution < -0.4 is 9.47 Å². The van der Waals surface area contributed by atoms with Gasteiger partial charge < -0.3 is 28.8 Å². The lowest BCUT2D eigenvalue weighted by molar-refractivity contribution is -0.286. The van der Waals surface area contributed by atoms with E-state index in [1.165, 1.54) is 24.0 Å². The van der Waals surface area contributed by atoms with Crippen molar-refractivity contribution in [3.05, 3.63) is 111 Å². The Balaban J connectivity index is 0.000000181. The zero-order valence-electron chi connectivity index (χ0n) is 35.8. The number of amides is 1. The van der Waals surface area contributed by atoms with E-state index in [1.54, 1.807) is 18.3 Å². The zero-order valence-corrected chi connectivity index (χ0v) is 37.4. The smallest absolute Gasteiger partial charge is 0.447 e. The van der Waals surface area contributed by atoms with Gasteiger partial charge in [-0.1, -0.05) is 86.1 Å². The van der Waals surface area contributed by atoms with E-state index < -0.39 is 11.9 Å². The predicted molar refractivity (Wildman–Crippen MR) is 233 cm³/mol. The number of alkyl halides is 2. The number of hydrogen-bond donors (Lipinski definition) is 1. The van der Waals surface area contributed by atoms with Gasteiger partial charge in [-0.25, -0.2) is 4.79 Å². The number of rotatable bonds is 8. The number of carbonyl (C=O) groups excluding carboxylic acids is 3. The monoisotopic (exact) mass is 875 g/mol. The SMILES string of the molecule is CCN(CC)C(=O)SCc1ccc(Cl)cc1.Cc1cc(C)c(C2=C(OC(=O)CC(C)(C)C)C3(CCCC3)OC2=O)c(C)c1.N#Cc1c[nH]cc1-c1cccc2c1OC(F)(F)O2. The number of thioether (sulfide) groups is 1. The van der Waals surface area contributed by atoms with Gasteiger partial charge in [0.2, 0.25) is 0 Å². The van der Waals surface area contributed by atoms with Crippen molar-refractivity contribution in [1.29, 1.82) is 5.26 Å². The molecule has 3 heterocycles. The van der Waals surface area contributed by atoms with Crippen LogP contribution in [0.25, 0.3) is 16.7 Å². The van der Waals surface area contributed by atoms with Gasteiger partial charge in [-0.05, 0) is 106 Å². The molecule has 0 atom stereocenters. The number of aromatic amines is 1. The van der Waals surface area contributed by atoms with Crippen molar-refractivity contribution < 1.29 is 42.1 Å². The molecule has 1 fully saturated rings. The summed E-state index contributed by atoms with van der Waals surface area (Å²) >= 11 is 7.12. The van der Waals surface area contributed by atoms with Crippen LogP contribution in [0, 0.1) is 37.5 Å². The van der Waals surface area contributed by atoms with E-state index in [4.69, 9.17) is 26.3 Å². The van der Waals surface area contributed by atoms with E-state index in [0.717, 1.165) is 58.8 Å². The van der Waals surface area contributed by atoms with Gasteiger partial charge in [0.1, 0.15) is 11.6 Å². The van der Waals surface area contributed by atoms with E-state index in [2.05, 4.69) is 26.6 Å². The van der Waals surface area contributed by atoms with Crippen LogP contribution in [0.3, 0.4) is 0 Å². The lowest BCUT2D eigenvalue weighted by Crippen LogP contribution is -2.31. The Morgan fingerprint density at radius 2 is 1.59 bits per heavy atom. The summed E-state index contributed by atoms with van der Waals surface area (Å²) in [7, 11) is 0. The number of fused-ring (bicyclic) bond motifs is 1. The molecule has 3 aromatic carbocycles. The van der Waals surface area contributed by atoms with Crippen LogP contribution in [0.5, 0.6) is 11.5 Å². The number of nitrogens with zero attached hydrogens (tertiary/aromatic N) is 2. The second kappa shape index (κ2) is 19.6. The molecule has 2 aliphatic heterocycles. The molecule has 61 heavy (non-hydrogen) atoms. The molecule has 3 aliphatic rings. The van der Waals surface area contributed by atoms with Gasteiger partial charge in [-0.3, -0.25) is 9.59 Å². The number of aromatic nitrogens is 1. The van der Waals surface area contributed by atoms with Crippen molar-refractivity contribution in [3.8, 4) is 28.7 Å². The Kier molecular flexibility index (Phi) is 15.0. The Labute approximate surface area is 365 Å². The van der Waals surface area contributed by atoms with Crippen LogP contribution in [0.4, 0.5) is 13.6 Å². The van der Waals surface area contributed by atoms with E-state index in [-0.39, 0.29) is 34.1 Å². The molecule has 1 N–H and O–H groups in total. The van der Waals surface area contributed by atoms with Gasteiger partial charge in [-0.2, -0.15) is 5.26 Å². The molecule has 0 unspecified atom stereocenters. The van der Waals surface area contributed by atoms with Gasteiger partial charge in [0.05, 0.1) is 12.0 Å². The molecule has 324 valence electrons. The molecular weight excluding hydrogens is 824 g/mol. The molecule has 1 spiro atoms. The number of para-hydroxylation sites is 1. The van der Waals surface area contributed by atoms with Crippen LogP contribution in [0.2, 0.25) is 5.02 Å². The molecule has 0 saturated heterocycles. The normalized spacial score (nSPS) is 15.6. The summed E-state index contributed by atoms with van der Waals surface area (Å²) in [6.45, 7) is 17.5. The number of hydrogen-bond acceptors (Lipinski definition) is 9. The molecule has 4 aromatic rings. The van der Waals surface area contributed by atoms with Crippen molar-refractivity contribution >= 4 is 46.1 Å². The van der Waals surface area contributed by atoms with E-state index in [0.29, 0.717) is 53.0 Å². The maximum atomic E-state index is 13.0. The minimum Gasteiger partial charge on any atom is -0.447 e. The largest absolute Gasteiger partial charge is 0.586 e. The second-order valence-corrected chi connectivity index (χ2v) is 17.7. The van der Waals surface area contributed by atoms with Crippen molar-refractivity contribution in [2.24, 2.45) is 5.41 Å². The summed E-state index contributed by atoms with van der Waals surface area (Å²) in [5.41, 5.74) is 5.82. The quantitative estimate of drug-likeness (QED) is 0.172. The number of carbonyl (C=O) groups is 3. The number of aryl methyl sites for hydroxylation is 3. The molecule has 10 nitrogen and oxygen atoms in total. The first-order valence-electron chi connectivity index (χ1n) is 20.2. The first-order valence-corrected chi connectivity index (χ1v) is 21.6. The molecule has 0 radical (unpaired) electrons. The Morgan fingerprint density at radius 1 is 0.951 bits per heavy atom. The van der Waals surface area contributed by atoms with Crippen molar-refractivity contribution in [2.45, 2.75) is 105 Å². The minimum absolute atomic E-state index is 0.0393. The molecule has 14 heteroatoms. The van der Waals surface area contributed by atoms with Crippen LogP contribution in [0.15, 0.2) is 72.8 Å². The average Bonchev–Trinajstić information content (AvgIpc) is 3.97. The highest BCUT2D eigenvalue weighted by molar-refractivity contribution is 8.12. The molecular formula is C47H52ClF2N3O7S. The maximum Gasteiger partial charge on any atom is 0.586 e. The highest BCUT2D eigenvalue weighted by Crippen LogP contribution is 2.50. The minimum atomic E-state index is -3.67. The summed E-state index contributed by atoms with van der Waals surface area (Å²) in [6.07, 6.45) is 3.02. The molecule has 1 amide bonds. The van der Waals surface area contributed by atoms with E-state index in [1.807, 2.05) is 90.6 Å². The number of nitrogens with one attached hydrogen (secondary N) is 1. The summed E-state index contributed by atoms with van der Waals surface area (Å²) in [5.74, 6) is 0.370. The molecule has 0 bridgehead atoms. The Morgan fingerprint density at radius 3 is 2.18 bits per heavy atom. The summed E-state index contributed by atoms with van der Waals surface area (Å²) in [4.78, 5) is 41.9. The molecule has 7 rings (SSSR count). The van der Waals surface area contributed by atoms with Gasteiger partial charge in [0, 0.05) is 47.4 Å². The van der Waals surface area contributed by atoms with E-state index in [9.17, 15) is 23.2 Å². The van der Waals surface area contributed by atoms with Gasteiger partial charge in [0.25, 0.3) is 5.24 Å². The highest BCUT2D eigenvalue weighted by Gasteiger charge is 2.53. The molecule has 1 aliphatic carbocycles. The third kappa shape index (κ3) is 11.5. The third-order valence-corrected chi connectivity index (χ3v) is 11.5. The fourth-order valence-corrected chi connectivity index (χ4v) is 8.60. The highest BCUT2D eigenvalue weighted by atomic mass is 35.5. The maximum absolute atomic E-state index is 13.0. The number of H-pyrrole nitrogens is 1.